The number of hydrogen-bond acceptors (Lipinski definition) is 4. The highest BCUT2D eigenvalue weighted by Crippen LogP contribution is 2.80. The Kier molecular flexibility index (Phi) is 6.88. The van der Waals surface area contributed by atoms with Gasteiger partial charge < -0.3 is 15.5 Å². The van der Waals surface area contributed by atoms with E-state index in [2.05, 4.69) is 49.8 Å². The molecule has 0 aromatic rings. The summed E-state index contributed by atoms with van der Waals surface area (Å²) in [6, 6.07) is 0. The predicted octanol–water partition coefficient (Wildman–Crippen LogP) is 5.96. The van der Waals surface area contributed by atoms with Gasteiger partial charge in [-0.1, -0.05) is 57.1 Å². The number of allylic oxidation sites excluding steroid dienone is 4. The minimum atomic E-state index is -0.328. The Labute approximate surface area is 231 Å². The van der Waals surface area contributed by atoms with Gasteiger partial charge in [-0.25, -0.2) is 0 Å². The highest BCUT2D eigenvalue weighted by molar-refractivity contribution is 5.80. The Bertz CT molecular complexity index is 1040. The van der Waals surface area contributed by atoms with E-state index in [0.717, 1.165) is 19.4 Å². The number of aliphatic hydroxyl groups is 2. The lowest BCUT2D eigenvalue weighted by atomic mass is 9.43. The van der Waals surface area contributed by atoms with Crippen molar-refractivity contribution in [1.29, 1.82) is 0 Å². The maximum atomic E-state index is 11.1. The van der Waals surface area contributed by atoms with Crippen LogP contribution in [0.25, 0.3) is 0 Å². The zero-order chi connectivity index (χ0) is 26.9. The molecule has 10 atom stereocenters. The lowest BCUT2D eigenvalue weighted by Crippen LogP contribution is -2.53. The molecule has 5 aliphatic carbocycles. The van der Waals surface area contributed by atoms with Crippen molar-refractivity contribution in [2.24, 2.45) is 62.7 Å². The Morgan fingerprint density at radius 2 is 2.00 bits per heavy atom. The zero-order valence-electron chi connectivity index (χ0n) is 24.4. The molecule has 4 fully saturated rings. The Balaban J connectivity index is 1.31. The lowest BCUT2D eigenvalue weighted by Gasteiger charge is -2.61. The monoisotopic (exact) mass is 520 g/mol. The number of nitrogens with zero attached hydrogens (tertiary/aromatic N) is 1. The SMILES string of the molecule is C=C1C=C2[C@@]3(CC[C@H](C[C@H](CC4=CCN=C4)[C@@H](O)CNC)C3)C[C@H]3[C@@H](CO)CCC[C@@H]3[C@@]2(C)[C@H]2[C@@H]1C2(C)C. The second kappa shape index (κ2) is 9.70. The average molecular weight is 521 g/mol. The van der Waals surface area contributed by atoms with Crippen LogP contribution >= 0.6 is 0 Å². The molecule has 0 amide bonds. The average Bonchev–Trinajstić information content (AvgIpc) is 3.23. The standard InChI is InChI=1S/C34H52N2O2/c1-21-13-29-33(4,31-30(21)32(31,2)3)27-8-6-7-24(20-37)26(27)17-34(29)11-9-22(16-34)14-25(28(38)19-35-5)15-23-10-12-36-18-23/h10,13,18,22,24-28,30-31,35,37-38H,1,6-9,11-12,14-17,19-20H2,2-5H3/t22-,24-,25-,26+,27+,28+,30-,31+,33-,34-/m1/s1. The van der Waals surface area contributed by atoms with Crippen LogP contribution in [0.1, 0.15) is 78.6 Å². The van der Waals surface area contributed by atoms with E-state index in [1.54, 1.807) is 5.57 Å². The Hall–Kier alpha value is -1.23. The molecule has 6 aliphatic rings. The molecule has 0 unspecified atom stereocenters. The van der Waals surface area contributed by atoms with Crippen LogP contribution in [0.15, 0.2) is 40.4 Å². The molecular formula is C34H52N2O2. The topological polar surface area (TPSA) is 64.9 Å². The van der Waals surface area contributed by atoms with Crippen molar-refractivity contribution in [1.82, 2.24) is 5.32 Å². The van der Waals surface area contributed by atoms with Crippen LogP contribution in [-0.2, 0) is 0 Å². The molecule has 3 N–H and O–H groups in total. The molecule has 1 heterocycles. The summed E-state index contributed by atoms with van der Waals surface area (Å²) in [5.41, 5.74) is 5.24. The maximum Gasteiger partial charge on any atom is 0.0695 e. The molecule has 6 rings (SSSR count). The molecule has 1 spiro atoms. The van der Waals surface area contributed by atoms with Gasteiger partial charge in [-0.05, 0) is 122 Å². The second-order valence-corrected chi connectivity index (χ2v) is 15.0. The molecule has 38 heavy (non-hydrogen) atoms. The largest absolute Gasteiger partial charge is 0.396 e. The molecule has 4 nitrogen and oxygen atoms in total. The third-order valence-electron chi connectivity index (χ3n) is 12.7. The highest BCUT2D eigenvalue weighted by atomic mass is 16.3. The lowest BCUT2D eigenvalue weighted by molar-refractivity contribution is -0.0542. The van der Waals surface area contributed by atoms with E-state index >= 15 is 0 Å². The summed E-state index contributed by atoms with van der Waals surface area (Å²) < 4.78 is 0. The third kappa shape index (κ3) is 4.06. The van der Waals surface area contributed by atoms with Gasteiger partial charge >= 0.3 is 0 Å². The van der Waals surface area contributed by atoms with Gasteiger partial charge in [0.15, 0.2) is 0 Å². The van der Waals surface area contributed by atoms with Crippen LogP contribution in [0.2, 0.25) is 0 Å². The predicted molar refractivity (Wildman–Crippen MR) is 156 cm³/mol. The summed E-state index contributed by atoms with van der Waals surface area (Å²) in [4.78, 5) is 4.41. The van der Waals surface area contributed by atoms with Crippen molar-refractivity contribution in [2.45, 2.75) is 84.7 Å². The third-order valence-corrected chi connectivity index (χ3v) is 12.7. The fourth-order valence-electron chi connectivity index (χ4n) is 11.3. The van der Waals surface area contributed by atoms with Gasteiger partial charge in [0.05, 0.1) is 12.6 Å². The Morgan fingerprint density at radius 1 is 1.18 bits per heavy atom. The molecule has 1 aliphatic heterocycles. The van der Waals surface area contributed by atoms with E-state index in [0.29, 0.717) is 54.1 Å². The van der Waals surface area contributed by atoms with Crippen LogP contribution in [-0.4, -0.2) is 49.3 Å². The number of fused-ring (bicyclic) bond motifs is 6. The summed E-state index contributed by atoms with van der Waals surface area (Å²) in [7, 11) is 1.94. The summed E-state index contributed by atoms with van der Waals surface area (Å²) in [6.45, 7) is 14.1. The summed E-state index contributed by atoms with van der Waals surface area (Å²) in [6.07, 6.45) is 17.4. The van der Waals surface area contributed by atoms with E-state index in [1.807, 2.05) is 13.3 Å². The fourth-order valence-corrected chi connectivity index (χ4v) is 11.3. The van der Waals surface area contributed by atoms with Crippen LogP contribution < -0.4 is 5.32 Å². The zero-order valence-corrected chi connectivity index (χ0v) is 24.4. The quantitative estimate of drug-likeness (QED) is 0.370. The van der Waals surface area contributed by atoms with Gasteiger partial charge in [0.2, 0.25) is 0 Å². The van der Waals surface area contributed by atoms with Gasteiger partial charge in [0.25, 0.3) is 0 Å². The van der Waals surface area contributed by atoms with E-state index in [4.69, 9.17) is 0 Å². The van der Waals surface area contributed by atoms with Crippen molar-refractivity contribution in [3.05, 3.63) is 35.5 Å². The van der Waals surface area contributed by atoms with Gasteiger partial charge in [0, 0.05) is 19.4 Å². The van der Waals surface area contributed by atoms with Gasteiger partial charge in [-0.3, -0.25) is 4.99 Å². The molecule has 0 aromatic carbocycles. The van der Waals surface area contributed by atoms with Crippen LogP contribution in [0.4, 0.5) is 0 Å². The van der Waals surface area contributed by atoms with Crippen LogP contribution in [0.3, 0.4) is 0 Å². The van der Waals surface area contributed by atoms with E-state index in [9.17, 15) is 10.2 Å². The molecule has 0 bridgehead atoms. The van der Waals surface area contributed by atoms with Gasteiger partial charge in [0.1, 0.15) is 0 Å². The summed E-state index contributed by atoms with van der Waals surface area (Å²) >= 11 is 0. The first kappa shape index (κ1) is 27.0. The molecule has 210 valence electrons. The van der Waals surface area contributed by atoms with Gasteiger partial charge in [-0.2, -0.15) is 0 Å². The first-order valence-corrected chi connectivity index (χ1v) is 15.7. The number of aliphatic imine (C=N–C) groups is 1. The van der Waals surface area contributed by atoms with Crippen molar-refractivity contribution in [3.63, 3.8) is 0 Å². The highest BCUT2D eigenvalue weighted by Gasteiger charge is 2.74. The van der Waals surface area contributed by atoms with E-state index in [1.165, 1.54) is 56.1 Å². The number of likely N-dealkylation sites (N-methyl/N-ethyl adjacent to an activating group) is 1. The fraction of sp³-hybridized carbons (Fsp3) is 0.794. The molecule has 0 radical (unpaired) electrons. The first-order chi connectivity index (χ1) is 18.2. The van der Waals surface area contributed by atoms with Crippen LogP contribution in [0, 0.1) is 57.7 Å². The molecular weight excluding hydrogens is 468 g/mol. The number of nitrogens with one attached hydrogen (secondary N) is 1. The number of aliphatic hydroxyl groups excluding tert-OH is 2. The smallest absolute Gasteiger partial charge is 0.0695 e. The first-order valence-electron chi connectivity index (χ1n) is 15.7. The summed E-state index contributed by atoms with van der Waals surface area (Å²) in [5, 5.41) is 24.8. The van der Waals surface area contributed by atoms with E-state index < -0.39 is 0 Å². The second-order valence-electron chi connectivity index (χ2n) is 15.0. The van der Waals surface area contributed by atoms with Crippen molar-refractivity contribution >= 4 is 6.21 Å². The minimum Gasteiger partial charge on any atom is -0.396 e. The van der Waals surface area contributed by atoms with Crippen molar-refractivity contribution in [2.75, 3.05) is 26.7 Å². The molecule has 4 saturated carbocycles. The molecule has 0 aromatic heterocycles. The normalized spacial score (nSPS) is 44.2. The van der Waals surface area contributed by atoms with Gasteiger partial charge in [-0.15, -0.1) is 0 Å². The molecule has 0 saturated heterocycles. The molecule has 4 heteroatoms. The minimum absolute atomic E-state index is 0.233. The van der Waals surface area contributed by atoms with Crippen molar-refractivity contribution < 1.29 is 10.2 Å². The van der Waals surface area contributed by atoms with E-state index in [-0.39, 0.29) is 22.9 Å². The van der Waals surface area contributed by atoms with Crippen molar-refractivity contribution in [3.8, 4) is 0 Å². The number of rotatable bonds is 8. The summed E-state index contributed by atoms with van der Waals surface area (Å²) in [5.74, 6) is 4.04. The maximum absolute atomic E-state index is 11.1. The van der Waals surface area contributed by atoms with Crippen LogP contribution in [0.5, 0.6) is 0 Å². The Morgan fingerprint density at radius 3 is 2.71 bits per heavy atom. The number of hydrogen-bond donors (Lipinski definition) is 3.